The van der Waals surface area contributed by atoms with Gasteiger partial charge in [-0.2, -0.15) is 0 Å². The van der Waals surface area contributed by atoms with Crippen molar-refractivity contribution in [2.24, 2.45) is 0 Å². The molecule has 0 fully saturated rings. The molecule has 3 rings (SSSR count). The third kappa shape index (κ3) is 3.41. The Bertz CT molecular complexity index is 655. The van der Waals surface area contributed by atoms with Crippen molar-refractivity contribution in [1.82, 2.24) is 0 Å². The van der Waals surface area contributed by atoms with Gasteiger partial charge in [-0.05, 0) is 55.0 Å². The maximum Gasteiger partial charge on any atom is 0.128 e. The Morgan fingerprint density at radius 3 is 2.86 bits per heavy atom. The lowest BCUT2D eigenvalue weighted by molar-refractivity contribution is 0.400. The molecule has 2 aliphatic carbocycles. The first kappa shape index (κ1) is 15.7. The highest BCUT2D eigenvalue weighted by molar-refractivity contribution is 8.02. The lowest BCUT2D eigenvalue weighted by Crippen LogP contribution is -2.00. The van der Waals surface area contributed by atoms with Crippen molar-refractivity contribution in [3.63, 3.8) is 0 Å². The molecule has 0 spiro atoms. The summed E-state index contributed by atoms with van der Waals surface area (Å²) in [5.74, 6) is 0.663. The molecule has 0 amide bonds. The number of thioether (sulfide) groups is 1. The van der Waals surface area contributed by atoms with Crippen LogP contribution in [0, 0.1) is 5.82 Å². The van der Waals surface area contributed by atoms with Crippen molar-refractivity contribution in [2.75, 3.05) is 0 Å². The van der Waals surface area contributed by atoms with E-state index in [1.54, 1.807) is 23.9 Å². The molecule has 0 unspecified atom stereocenters. The van der Waals surface area contributed by atoms with Crippen molar-refractivity contribution in [3.8, 4) is 0 Å². The monoisotopic (exact) mass is 336 g/mol. The highest BCUT2D eigenvalue weighted by Crippen LogP contribution is 2.40. The van der Waals surface area contributed by atoms with Crippen molar-refractivity contribution >= 4 is 23.4 Å². The molecule has 0 heterocycles. The van der Waals surface area contributed by atoms with Crippen LogP contribution in [0.15, 0.2) is 52.2 Å². The van der Waals surface area contributed by atoms with Gasteiger partial charge < -0.3 is 5.11 Å². The van der Waals surface area contributed by atoms with E-state index < -0.39 is 0 Å². The molecule has 1 N–H and O–H groups in total. The van der Waals surface area contributed by atoms with Gasteiger partial charge in [0.25, 0.3) is 0 Å². The lowest BCUT2D eigenvalue weighted by Gasteiger charge is -2.20. The van der Waals surface area contributed by atoms with Gasteiger partial charge in [0.05, 0.1) is 5.76 Å². The van der Waals surface area contributed by atoms with E-state index in [1.165, 1.54) is 30.1 Å². The molecule has 0 aromatic heterocycles. The van der Waals surface area contributed by atoms with E-state index in [0.29, 0.717) is 28.5 Å². The zero-order valence-electron chi connectivity index (χ0n) is 12.2. The van der Waals surface area contributed by atoms with Gasteiger partial charge >= 0.3 is 0 Å². The summed E-state index contributed by atoms with van der Waals surface area (Å²) < 4.78 is 13.9. The normalized spacial score (nSPS) is 18.5. The Kier molecular flexibility index (Phi) is 4.94. The standard InChI is InChI=1S/C18H18ClFOS/c19-16-6-3-7-17(20)15(16)11-22-18-9-8-13(21)10-12-4-1-2-5-14(12)18/h3,6-7,9-10,21H,1-2,4-5,8,11H2. The van der Waals surface area contributed by atoms with Crippen molar-refractivity contribution in [2.45, 2.75) is 37.9 Å². The van der Waals surface area contributed by atoms with E-state index in [-0.39, 0.29) is 5.82 Å². The SMILES string of the molecule is OC1=CC2=C(CCCC2)C(SCc2c(F)cccc2Cl)=CC1. The largest absolute Gasteiger partial charge is 0.512 e. The molecule has 1 aromatic carbocycles. The molecule has 1 aromatic rings. The second kappa shape index (κ2) is 6.93. The fourth-order valence-electron chi connectivity index (χ4n) is 2.92. The van der Waals surface area contributed by atoms with Crippen molar-refractivity contribution in [3.05, 3.63) is 68.6 Å². The second-order valence-electron chi connectivity index (χ2n) is 5.61. The number of hydrogen-bond acceptors (Lipinski definition) is 2. The summed E-state index contributed by atoms with van der Waals surface area (Å²) >= 11 is 7.72. The summed E-state index contributed by atoms with van der Waals surface area (Å²) in [6.07, 6.45) is 8.89. The number of rotatable bonds is 3. The average Bonchev–Trinajstić information content (AvgIpc) is 2.66. The van der Waals surface area contributed by atoms with Crippen molar-refractivity contribution < 1.29 is 9.50 Å². The van der Waals surface area contributed by atoms with Gasteiger partial charge in [-0.15, -0.1) is 11.8 Å². The fourth-order valence-corrected chi connectivity index (χ4v) is 4.43. The van der Waals surface area contributed by atoms with Gasteiger partial charge in [-0.1, -0.05) is 23.7 Å². The van der Waals surface area contributed by atoms with Crippen LogP contribution in [0.2, 0.25) is 5.02 Å². The summed E-state index contributed by atoms with van der Waals surface area (Å²) in [5.41, 5.74) is 3.10. The summed E-state index contributed by atoms with van der Waals surface area (Å²) in [6, 6.07) is 4.79. The Labute approximate surface area is 139 Å². The van der Waals surface area contributed by atoms with Crippen LogP contribution in [0.1, 0.15) is 37.7 Å². The number of hydrogen-bond donors (Lipinski definition) is 1. The van der Waals surface area contributed by atoms with E-state index in [1.807, 2.05) is 6.08 Å². The van der Waals surface area contributed by atoms with Gasteiger partial charge in [0.1, 0.15) is 5.82 Å². The van der Waals surface area contributed by atoms with Crippen LogP contribution in [0.25, 0.3) is 0 Å². The number of aliphatic hydroxyl groups excluding tert-OH is 1. The van der Waals surface area contributed by atoms with Crippen LogP contribution in [-0.2, 0) is 5.75 Å². The lowest BCUT2D eigenvalue weighted by atomic mass is 9.91. The molecule has 0 saturated heterocycles. The van der Waals surface area contributed by atoms with Crippen LogP contribution in [0.5, 0.6) is 0 Å². The number of allylic oxidation sites excluding steroid dienone is 4. The molecule has 2 aliphatic rings. The average molecular weight is 337 g/mol. The molecule has 0 bridgehead atoms. The van der Waals surface area contributed by atoms with E-state index in [2.05, 4.69) is 6.08 Å². The van der Waals surface area contributed by atoms with Gasteiger partial charge in [0.15, 0.2) is 0 Å². The summed E-state index contributed by atoms with van der Waals surface area (Å²) in [7, 11) is 0. The van der Waals surface area contributed by atoms with E-state index in [9.17, 15) is 9.50 Å². The predicted molar refractivity (Wildman–Crippen MR) is 91.6 cm³/mol. The van der Waals surface area contributed by atoms with E-state index >= 15 is 0 Å². The van der Waals surface area contributed by atoms with Crippen LogP contribution in [0.4, 0.5) is 4.39 Å². The van der Waals surface area contributed by atoms with Crippen LogP contribution >= 0.6 is 23.4 Å². The molecule has 0 atom stereocenters. The minimum absolute atomic E-state index is 0.256. The summed E-state index contributed by atoms with van der Waals surface area (Å²) in [5, 5.41) is 10.4. The van der Waals surface area contributed by atoms with Crippen LogP contribution in [0.3, 0.4) is 0 Å². The summed E-state index contributed by atoms with van der Waals surface area (Å²) in [4.78, 5) is 1.16. The Balaban J connectivity index is 1.83. The van der Waals surface area contributed by atoms with Gasteiger partial charge in [-0.25, -0.2) is 4.39 Å². The van der Waals surface area contributed by atoms with Crippen LogP contribution in [-0.4, -0.2) is 5.11 Å². The number of aliphatic hydroxyl groups is 1. The molecule has 0 saturated carbocycles. The first-order chi connectivity index (χ1) is 10.6. The predicted octanol–water partition coefficient (Wildman–Crippen LogP) is 6.31. The zero-order valence-corrected chi connectivity index (χ0v) is 13.8. The van der Waals surface area contributed by atoms with Gasteiger partial charge in [-0.3, -0.25) is 0 Å². The number of halogens is 2. The molecule has 0 radical (unpaired) electrons. The minimum atomic E-state index is -0.256. The maximum atomic E-state index is 13.9. The van der Waals surface area contributed by atoms with E-state index in [0.717, 1.165) is 17.7 Å². The second-order valence-corrected chi connectivity index (χ2v) is 7.03. The highest BCUT2D eigenvalue weighted by Gasteiger charge is 2.19. The van der Waals surface area contributed by atoms with Crippen LogP contribution < -0.4 is 0 Å². The zero-order chi connectivity index (χ0) is 15.5. The topological polar surface area (TPSA) is 20.2 Å². The first-order valence-corrected chi connectivity index (χ1v) is 8.89. The number of benzene rings is 1. The third-order valence-corrected chi connectivity index (χ3v) is 5.59. The molecular weight excluding hydrogens is 319 g/mol. The maximum absolute atomic E-state index is 13.9. The Morgan fingerprint density at radius 1 is 1.23 bits per heavy atom. The van der Waals surface area contributed by atoms with E-state index in [4.69, 9.17) is 11.6 Å². The Hall–Kier alpha value is -1.19. The molecule has 116 valence electrons. The first-order valence-electron chi connectivity index (χ1n) is 7.53. The van der Waals surface area contributed by atoms with Gasteiger partial charge in [0.2, 0.25) is 0 Å². The molecule has 4 heteroatoms. The quantitative estimate of drug-likeness (QED) is 0.697. The third-order valence-electron chi connectivity index (χ3n) is 4.08. The molecule has 1 nitrogen and oxygen atoms in total. The summed E-state index contributed by atoms with van der Waals surface area (Å²) in [6.45, 7) is 0. The molecular formula is C18H18ClFOS. The van der Waals surface area contributed by atoms with Gasteiger partial charge in [0, 0.05) is 27.7 Å². The molecule has 0 aliphatic heterocycles. The highest BCUT2D eigenvalue weighted by atomic mass is 35.5. The fraction of sp³-hybridized carbons (Fsp3) is 0.333. The molecule has 22 heavy (non-hydrogen) atoms. The van der Waals surface area contributed by atoms with Crippen molar-refractivity contribution in [1.29, 1.82) is 0 Å². The Morgan fingerprint density at radius 2 is 2.05 bits per heavy atom. The minimum Gasteiger partial charge on any atom is -0.512 e. The smallest absolute Gasteiger partial charge is 0.128 e.